The standard InChI is InChI=1S/C13H24N2O3/c1-13(2,8-14(3)4)9-15-7-10(6-11(15)16)12(17)18-5/h10H,6-9H2,1-5H3. The Kier molecular flexibility index (Phi) is 4.73. The Balaban J connectivity index is 2.58. The van der Waals surface area contributed by atoms with E-state index in [1.54, 1.807) is 4.90 Å². The molecule has 1 fully saturated rings. The number of rotatable bonds is 5. The summed E-state index contributed by atoms with van der Waals surface area (Å²) in [6, 6.07) is 0. The van der Waals surface area contributed by atoms with Crippen molar-refractivity contribution in [3.05, 3.63) is 0 Å². The quantitative estimate of drug-likeness (QED) is 0.676. The fourth-order valence-corrected chi connectivity index (χ4v) is 2.67. The van der Waals surface area contributed by atoms with Gasteiger partial charge in [0.05, 0.1) is 13.0 Å². The monoisotopic (exact) mass is 256 g/mol. The van der Waals surface area contributed by atoms with Gasteiger partial charge in [-0.25, -0.2) is 0 Å². The van der Waals surface area contributed by atoms with Crippen LogP contribution in [0.5, 0.6) is 0 Å². The van der Waals surface area contributed by atoms with Crippen molar-refractivity contribution in [3.8, 4) is 0 Å². The number of hydrogen-bond acceptors (Lipinski definition) is 4. The van der Waals surface area contributed by atoms with Crippen molar-refractivity contribution in [2.75, 3.05) is 40.8 Å². The number of hydrogen-bond donors (Lipinski definition) is 0. The molecular weight excluding hydrogens is 232 g/mol. The van der Waals surface area contributed by atoms with Crippen LogP contribution in [-0.4, -0.2) is 62.5 Å². The van der Waals surface area contributed by atoms with Crippen molar-refractivity contribution in [3.63, 3.8) is 0 Å². The van der Waals surface area contributed by atoms with Crippen molar-refractivity contribution in [2.24, 2.45) is 11.3 Å². The van der Waals surface area contributed by atoms with Crippen LogP contribution in [0.25, 0.3) is 0 Å². The molecule has 0 saturated carbocycles. The van der Waals surface area contributed by atoms with E-state index in [4.69, 9.17) is 4.74 Å². The average Bonchev–Trinajstić information content (AvgIpc) is 2.56. The molecule has 0 aromatic heterocycles. The molecule has 0 aromatic rings. The molecule has 5 nitrogen and oxygen atoms in total. The SMILES string of the molecule is COC(=O)C1CC(=O)N(CC(C)(C)CN(C)C)C1. The summed E-state index contributed by atoms with van der Waals surface area (Å²) >= 11 is 0. The smallest absolute Gasteiger partial charge is 0.310 e. The Bertz CT molecular complexity index is 326. The first-order valence-electron chi connectivity index (χ1n) is 6.25. The summed E-state index contributed by atoms with van der Waals surface area (Å²) in [5.74, 6) is -0.522. The third-order valence-corrected chi connectivity index (χ3v) is 3.11. The maximum absolute atomic E-state index is 11.9. The van der Waals surface area contributed by atoms with Gasteiger partial charge in [0.25, 0.3) is 0 Å². The summed E-state index contributed by atoms with van der Waals surface area (Å²) in [6.07, 6.45) is 0.282. The molecule has 1 aliphatic rings. The molecule has 18 heavy (non-hydrogen) atoms. The maximum Gasteiger partial charge on any atom is 0.310 e. The Labute approximate surface area is 109 Å². The third kappa shape index (κ3) is 3.98. The van der Waals surface area contributed by atoms with Crippen LogP contribution in [0.4, 0.5) is 0 Å². The summed E-state index contributed by atoms with van der Waals surface area (Å²) in [5.41, 5.74) is 0.0180. The number of ether oxygens (including phenoxy) is 1. The number of methoxy groups -OCH3 is 1. The van der Waals surface area contributed by atoms with Crippen LogP contribution < -0.4 is 0 Å². The average molecular weight is 256 g/mol. The molecule has 0 radical (unpaired) electrons. The van der Waals surface area contributed by atoms with Crippen LogP contribution in [0, 0.1) is 11.3 Å². The highest BCUT2D eigenvalue weighted by Crippen LogP contribution is 2.25. The maximum atomic E-state index is 11.9. The molecule has 1 aliphatic heterocycles. The lowest BCUT2D eigenvalue weighted by atomic mass is 9.92. The summed E-state index contributed by atoms with van der Waals surface area (Å²) in [4.78, 5) is 27.2. The summed E-state index contributed by atoms with van der Waals surface area (Å²) in [6.45, 7) is 6.33. The van der Waals surface area contributed by atoms with Crippen LogP contribution >= 0.6 is 0 Å². The minimum atomic E-state index is -0.294. The van der Waals surface area contributed by atoms with Gasteiger partial charge < -0.3 is 14.5 Å². The van der Waals surface area contributed by atoms with Gasteiger partial charge in [-0.3, -0.25) is 9.59 Å². The van der Waals surface area contributed by atoms with Crippen LogP contribution in [0.1, 0.15) is 20.3 Å². The number of esters is 1. The topological polar surface area (TPSA) is 49.9 Å². The second-order valence-electron chi connectivity index (χ2n) is 6.10. The van der Waals surface area contributed by atoms with Gasteiger partial charge in [-0.15, -0.1) is 0 Å². The molecule has 0 spiro atoms. The van der Waals surface area contributed by atoms with E-state index in [1.807, 2.05) is 14.1 Å². The highest BCUT2D eigenvalue weighted by atomic mass is 16.5. The van der Waals surface area contributed by atoms with E-state index < -0.39 is 0 Å². The Morgan fingerprint density at radius 2 is 2.11 bits per heavy atom. The number of likely N-dealkylation sites (tertiary alicyclic amines) is 1. The molecule has 5 heteroatoms. The molecule has 0 N–H and O–H groups in total. The van der Waals surface area contributed by atoms with Gasteiger partial charge in [0.1, 0.15) is 0 Å². The minimum absolute atomic E-state index is 0.0180. The van der Waals surface area contributed by atoms with E-state index in [2.05, 4.69) is 18.7 Å². The first-order chi connectivity index (χ1) is 8.25. The van der Waals surface area contributed by atoms with E-state index in [0.717, 1.165) is 6.54 Å². The number of carbonyl (C=O) groups excluding carboxylic acids is 2. The van der Waals surface area contributed by atoms with Crippen molar-refractivity contribution >= 4 is 11.9 Å². The zero-order chi connectivity index (χ0) is 13.9. The molecule has 1 saturated heterocycles. The van der Waals surface area contributed by atoms with E-state index in [1.165, 1.54) is 7.11 Å². The highest BCUT2D eigenvalue weighted by Gasteiger charge is 2.37. The third-order valence-electron chi connectivity index (χ3n) is 3.11. The lowest BCUT2D eigenvalue weighted by Gasteiger charge is -2.32. The van der Waals surface area contributed by atoms with Gasteiger partial charge in [-0.2, -0.15) is 0 Å². The molecule has 1 rings (SSSR count). The normalized spacial score (nSPS) is 20.7. The van der Waals surface area contributed by atoms with Gasteiger partial charge in [-0.05, 0) is 19.5 Å². The predicted molar refractivity (Wildman–Crippen MR) is 69.0 cm³/mol. The summed E-state index contributed by atoms with van der Waals surface area (Å²) < 4.78 is 4.70. The van der Waals surface area contributed by atoms with Crippen molar-refractivity contribution < 1.29 is 14.3 Å². The lowest BCUT2D eigenvalue weighted by Crippen LogP contribution is -2.41. The van der Waals surface area contributed by atoms with Crippen molar-refractivity contribution in [1.82, 2.24) is 9.80 Å². The van der Waals surface area contributed by atoms with Crippen LogP contribution in [0.2, 0.25) is 0 Å². The molecule has 0 aromatic carbocycles. The molecule has 0 aliphatic carbocycles. The zero-order valence-corrected chi connectivity index (χ0v) is 12.0. The molecule has 1 amide bonds. The first-order valence-corrected chi connectivity index (χ1v) is 6.25. The second-order valence-corrected chi connectivity index (χ2v) is 6.10. The van der Waals surface area contributed by atoms with Crippen LogP contribution in [-0.2, 0) is 14.3 Å². The lowest BCUT2D eigenvalue weighted by molar-refractivity contribution is -0.145. The van der Waals surface area contributed by atoms with Crippen LogP contribution in [0.3, 0.4) is 0 Å². The molecular formula is C13H24N2O3. The van der Waals surface area contributed by atoms with Crippen molar-refractivity contribution in [2.45, 2.75) is 20.3 Å². The number of nitrogens with zero attached hydrogens (tertiary/aromatic N) is 2. The Morgan fingerprint density at radius 1 is 1.50 bits per heavy atom. The van der Waals surface area contributed by atoms with Gasteiger partial charge in [0.2, 0.25) is 5.91 Å². The summed E-state index contributed by atoms with van der Waals surface area (Å²) in [7, 11) is 5.40. The largest absolute Gasteiger partial charge is 0.469 e. The Morgan fingerprint density at radius 3 is 2.61 bits per heavy atom. The predicted octanol–water partition coefficient (Wildman–Crippen LogP) is 0.596. The minimum Gasteiger partial charge on any atom is -0.469 e. The van der Waals surface area contributed by atoms with Gasteiger partial charge >= 0.3 is 5.97 Å². The van der Waals surface area contributed by atoms with E-state index >= 15 is 0 Å². The Hall–Kier alpha value is -1.10. The molecule has 1 atom stereocenters. The molecule has 104 valence electrons. The fraction of sp³-hybridized carbons (Fsp3) is 0.846. The van der Waals surface area contributed by atoms with E-state index in [-0.39, 0.29) is 29.6 Å². The van der Waals surface area contributed by atoms with Crippen molar-refractivity contribution in [1.29, 1.82) is 0 Å². The van der Waals surface area contributed by atoms with E-state index in [9.17, 15) is 9.59 Å². The van der Waals surface area contributed by atoms with Gasteiger partial charge in [-0.1, -0.05) is 13.8 Å². The summed E-state index contributed by atoms with van der Waals surface area (Å²) in [5, 5.41) is 0. The molecule has 1 unspecified atom stereocenters. The fourth-order valence-electron chi connectivity index (χ4n) is 2.67. The molecule has 0 bridgehead atoms. The zero-order valence-electron chi connectivity index (χ0n) is 12.0. The number of amides is 1. The second kappa shape index (κ2) is 5.69. The van der Waals surface area contributed by atoms with E-state index in [0.29, 0.717) is 13.1 Å². The molecule has 1 heterocycles. The first kappa shape index (κ1) is 15.0. The van der Waals surface area contributed by atoms with Crippen LogP contribution in [0.15, 0.2) is 0 Å². The van der Waals surface area contributed by atoms with Gasteiger partial charge in [0, 0.05) is 26.1 Å². The number of carbonyl (C=O) groups is 2. The highest BCUT2D eigenvalue weighted by molar-refractivity contribution is 5.86. The van der Waals surface area contributed by atoms with Gasteiger partial charge in [0.15, 0.2) is 0 Å².